The molecule has 2 aromatic rings. The molecule has 2 aromatic carbocycles. The number of hydrogen-bond donors (Lipinski definition) is 0. The maximum Gasteiger partial charge on any atom is 0.0362 e. The van der Waals surface area contributed by atoms with Crippen molar-refractivity contribution in [3.63, 3.8) is 0 Å². The summed E-state index contributed by atoms with van der Waals surface area (Å²) in [6, 6.07) is 21.4. The first-order valence-electron chi connectivity index (χ1n) is 12.9. The predicted molar refractivity (Wildman–Crippen MR) is 133 cm³/mol. The van der Waals surface area contributed by atoms with Gasteiger partial charge in [0, 0.05) is 18.6 Å². The molecule has 2 bridgehead atoms. The van der Waals surface area contributed by atoms with E-state index >= 15 is 0 Å². The minimum Gasteiger partial charge on any atom is -0.303 e. The topological polar surface area (TPSA) is 6.48 Å². The van der Waals surface area contributed by atoms with Gasteiger partial charge in [0.05, 0.1) is 0 Å². The number of rotatable bonds is 5. The third kappa shape index (κ3) is 3.47. The maximum atomic E-state index is 2.80. The number of piperidine rings is 1. The summed E-state index contributed by atoms with van der Waals surface area (Å²) in [5.74, 6) is 2.69. The second-order valence-corrected chi connectivity index (χ2v) is 11.2. The average molecular weight is 427 g/mol. The van der Waals surface area contributed by atoms with Gasteiger partial charge in [0.15, 0.2) is 0 Å². The lowest BCUT2D eigenvalue weighted by molar-refractivity contribution is 0.107. The number of fused-ring (bicyclic) bond motifs is 4. The third-order valence-electron chi connectivity index (χ3n) is 9.58. The molecule has 1 saturated carbocycles. The Morgan fingerprint density at radius 2 is 1.72 bits per heavy atom. The molecule has 168 valence electrons. The normalized spacial score (nSPS) is 31.5. The molecule has 2 nitrogen and oxygen atoms in total. The molecule has 0 unspecified atom stereocenters. The molecule has 0 radical (unpaired) electrons. The van der Waals surface area contributed by atoms with Gasteiger partial charge < -0.3 is 4.90 Å². The van der Waals surface area contributed by atoms with Gasteiger partial charge in [-0.25, -0.2) is 0 Å². The van der Waals surface area contributed by atoms with Gasteiger partial charge in [-0.1, -0.05) is 66.7 Å². The molecule has 3 aliphatic carbocycles. The van der Waals surface area contributed by atoms with E-state index in [2.05, 4.69) is 90.5 Å². The SMILES string of the molecule is C[C@@H](c1ccccc1)N(C)[C@H]1CC2(CCN(C[C@H]3C[C@H]4C=C[C@@H]3C4)CC2)c2ccccc21. The van der Waals surface area contributed by atoms with Crippen LogP contribution in [-0.2, 0) is 5.41 Å². The van der Waals surface area contributed by atoms with Crippen LogP contribution in [0.25, 0.3) is 0 Å². The van der Waals surface area contributed by atoms with Crippen molar-refractivity contribution in [3.8, 4) is 0 Å². The molecule has 0 N–H and O–H groups in total. The lowest BCUT2D eigenvalue weighted by atomic mass is 9.73. The lowest BCUT2D eigenvalue weighted by Gasteiger charge is -2.42. The fourth-order valence-electron chi connectivity index (χ4n) is 7.53. The van der Waals surface area contributed by atoms with Crippen LogP contribution >= 0.6 is 0 Å². The van der Waals surface area contributed by atoms with E-state index in [9.17, 15) is 0 Å². The molecule has 1 aliphatic heterocycles. The summed E-state index contributed by atoms with van der Waals surface area (Å²) in [7, 11) is 2.34. The number of benzene rings is 2. The molecule has 4 aliphatic rings. The van der Waals surface area contributed by atoms with E-state index in [1.165, 1.54) is 57.3 Å². The number of nitrogens with zero attached hydrogens (tertiary/aromatic N) is 2. The Labute approximate surface area is 194 Å². The van der Waals surface area contributed by atoms with Crippen LogP contribution < -0.4 is 0 Å². The Hall–Kier alpha value is -1.90. The molecule has 1 heterocycles. The smallest absolute Gasteiger partial charge is 0.0362 e. The molecule has 32 heavy (non-hydrogen) atoms. The number of likely N-dealkylation sites (tertiary alicyclic amines) is 1. The monoisotopic (exact) mass is 426 g/mol. The first kappa shape index (κ1) is 20.7. The van der Waals surface area contributed by atoms with Crippen LogP contribution in [0.3, 0.4) is 0 Å². The highest BCUT2D eigenvalue weighted by Gasteiger charge is 2.47. The zero-order valence-electron chi connectivity index (χ0n) is 19.8. The fourth-order valence-corrected chi connectivity index (χ4v) is 7.53. The maximum absolute atomic E-state index is 2.80. The van der Waals surface area contributed by atoms with Gasteiger partial charge in [-0.2, -0.15) is 0 Å². The fraction of sp³-hybridized carbons (Fsp3) is 0.533. The van der Waals surface area contributed by atoms with Gasteiger partial charge in [0.1, 0.15) is 0 Å². The summed E-state index contributed by atoms with van der Waals surface area (Å²) in [4.78, 5) is 5.44. The van der Waals surface area contributed by atoms with Crippen LogP contribution in [0.4, 0.5) is 0 Å². The van der Waals surface area contributed by atoms with E-state index < -0.39 is 0 Å². The molecule has 1 spiro atoms. The third-order valence-corrected chi connectivity index (χ3v) is 9.58. The molecule has 2 fully saturated rings. The Morgan fingerprint density at radius 3 is 2.44 bits per heavy atom. The Bertz CT molecular complexity index is 971. The van der Waals surface area contributed by atoms with Gasteiger partial charge >= 0.3 is 0 Å². The van der Waals surface area contributed by atoms with Gasteiger partial charge in [-0.3, -0.25) is 4.90 Å². The summed E-state index contributed by atoms with van der Waals surface area (Å²) in [5, 5.41) is 0. The summed E-state index contributed by atoms with van der Waals surface area (Å²) in [5.41, 5.74) is 5.03. The molecule has 0 amide bonds. The predicted octanol–water partition coefficient (Wildman–Crippen LogP) is 6.37. The molecule has 1 saturated heterocycles. The summed E-state index contributed by atoms with van der Waals surface area (Å²) in [6.45, 7) is 6.25. The Morgan fingerprint density at radius 1 is 0.969 bits per heavy atom. The molecule has 5 atom stereocenters. The second-order valence-electron chi connectivity index (χ2n) is 11.2. The lowest BCUT2D eigenvalue weighted by Crippen LogP contribution is -2.44. The van der Waals surface area contributed by atoms with Crippen LogP contribution in [0.5, 0.6) is 0 Å². The van der Waals surface area contributed by atoms with Crippen molar-refractivity contribution in [2.24, 2.45) is 17.8 Å². The van der Waals surface area contributed by atoms with Gasteiger partial charge in [-0.15, -0.1) is 0 Å². The first-order valence-corrected chi connectivity index (χ1v) is 12.9. The van der Waals surface area contributed by atoms with Gasteiger partial charge in [0.25, 0.3) is 0 Å². The zero-order chi connectivity index (χ0) is 21.7. The highest BCUT2D eigenvalue weighted by atomic mass is 15.2. The van der Waals surface area contributed by atoms with Crippen molar-refractivity contribution in [2.75, 3.05) is 26.7 Å². The quantitative estimate of drug-likeness (QED) is 0.513. The number of hydrogen-bond acceptors (Lipinski definition) is 2. The minimum atomic E-state index is 0.372. The van der Waals surface area contributed by atoms with Crippen LogP contribution in [-0.4, -0.2) is 36.5 Å². The van der Waals surface area contributed by atoms with Crippen LogP contribution in [0.1, 0.15) is 67.8 Å². The van der Waals surface area contributed by atoms with E-state index in [0.29, 0.717) is 17.5 Å². The van der Waals surface area contributed by atoms with E-state index in [0.717, 1.165) is 17.8 Å². The molecule has 0 aromatic heterocycles. The van der Waals surface area contributed by atoms with Gasteiger partial charge in [-0.05, 0) is 99.0 Å². The minimum absolute atomic E-state index is 0.372. The van der Waals surface area contributed by atoms with E-state index in [-0.39, 0.29) is 0 Å². The second kappa shape index (κ2) is 8.15. The Balaban J connectivity index is 1.18. The van der Waals surface area contributed by atoms with Crippen LogP contribution in [0.2, 0.25) is 0 Å². The summed E-state index contributed by atoms with van der Waals surface area (Å²) in [6.07, 6.45) is 11.8. The standard InChI is InChI=1S/C30H38N2/c1-22(24-8-4-3-5-9-24)31(2)29-20-30(28-11-7-6-10-27(28)29)14-16-32(17-15-30)21-26-19-23-12-13-25(26)18-23/h3-13,22-23,25-26,29H,14-21H2,1-2H3/t22-,23-,25+,26+,29-/m0/s1. The zero-order valence-corrected chi connectivity index (χ0v) is 19.8. The highest BCUT2D eigenvalue weighted by molar-refractivity contribution is 5.43. The van der Waals surface area contributed by atoms with Crippen LogP contribution in [0.15, 0.2) is 66.7 Å². The van der Waals surface area contributed by atoms with Crippen molar-refractivity contribution < 1.29 is 0 Å². The summed E-state index contributed by atoms with van der Waals surface area (Å²) < 4.78 is 0. The molecular formula is C30H38N2. The van der Waals surface area contributed by atoms with Crippen molar-refractivity contribution in [1.82, 2.24) is 9.80 Å². The molecule has 6 rings (SSSR count). The van der Waals surface area contributed by atoms with Crippen molar-refractivity contribution in [1.29, 1.82) is 0 Å². The van der Waals surface area contributed by atoms with Crippen molar-refractivity contribution in [2.45, 2.75) is 56.5 Å². The molecule has 2 heteroatoms. The first-order chi connectivity index (χ1) is 15.6. The molecular weight excluding hydrogens is 388 g/mol. The summed E-state index contributed by atoms with van der Waals surface area (Å²) >= 11 is 0. The van der Waals surface area contributed by atoms with Crippen molar-refractivity contribution in [3.05, 3.63) is 83.4 Å². The van der Waals surface area contributed by atoms with E-state index in [1.54, 1.807) is 11.1 Å². The van der Waals surface area contributed by atoms with E-state index in [4.69, 9.17) is 0 Å². The number of allylic oxidation sites excluding steroid dienone is 2. The van der Waals surface area contributed by atoms with E-state index in [1.807, 2.05) is 0 Å². The average Bonchev–Trinajstić information content (AvgIpc) is 3.54. The Kier molecular flexibility index (Phi) is 5.27. The largest absolute Gasteiger partial charge is 0.303 e. The van der Waals surface area contributed by atoms with Crippen molar-refractivity contribution >= 4 is 0 Å². The highest BCUT2D eigenvalue weighted by Crippen LogP contribution is 2.54. The van der Waals surface area contributed by atoms with Gasteiger partial charge in [0.2, 0.25) is 0 Å². The van der Waals surface area contributed by atoms with Crippen LogP contribution in [0, 0.1) is 17.8 Å².